The van der Waals surface area contributed by atoms with E-state index < -0.39 is 11.7 Å². The van der Waals surface area contributed by atoms with Crippen molar-refractivity contribution >= 4 is 46.5 Å². The molecule has 0 fully saturated rings. The summed E-state index contributed by atoms with van der Waals surface area (Å²) in [5, 5.41) is 2.59. The summed E-state index contributed by atoms with van der Waals surface area (Å²) in [4.78, 5) is 41.3. The van der Waals surface area contributed by atoms with Crippen molar-refractivity contribution in [2.45, 2.75) is 16.7 Å². The minimum absolute atomic E-state index is 0.125. The summed E-state index contributed by atoms with van der Waals surface area (Å²) >= 11 is 7.10. The number of hydrogen-bond donors (Lipinski definition) is 1. The third-order valence-corrected chi connectivity index (χ3v) is 7.13. The molecule has 0 saturated carbocycles. The molecule has 4 nitrogen and oxygen atoms in total. The summed E-state index contributed by atoms with van der Waals surface area (Å²) < 4.78 is 13.6. The number of carbonyl (C=O) groups is 3. The van der Waals surface area contributed by atoms with E-state index in [1.165, 1.54) is 36.0 Å². The van der Waals surface area contributed by atoms with Gasteiger partial charge < -0.3 is 5.32 Å². The first-order valence-corrected chi connectivity index (χ1v) is 11.9. The number of benzene rings is 4. The number of fused-ring (bicyclic) bond motifs is 2. The van der Waals surface area contributed by atoms with Crippen molar-refractivity contribution in [3.8, 4) is 0 Å². The highest BCUT2D eigenvalue weighted by atomic mass is 35.5. The minimum atomic E-state index is -0.600. The molecule has 0 unspecified atom stereocenters. The maximum atomic E-state index is 13.6. The van der Waals surface area contributed by atoms with Gasteiger partial charge in [-0.05, 0) is 49.4 Å². The van der Waals surface area contributed by atoms with Crippen LogP contribution in [-0.2, 0) is 0 Å². The van der Waals surface area contributed by atoms with Crippen molar-refractivity contribution in [2.24, 2.45) is 0 Å². The lowest BCUT2D eigenvalue weighted by atomic mass is 9.83. The fourth-order valence-electron chi connectivity index (χ4n) is 3.94. The molecule has 7 heteroatoms. The highest BCUT2D eigenvalue weighted by Crippen LogP contribution is 2.40. The van der Waals surface area contributed by atoms with E-state index in [1.807, 2.05) is 31.2 Å². The van der Waals surface area contributed by atoms with Crippen LogP contribution in [0.2, 0.25) is 5.02 Å². The number of ketones is 2. The zero-order chi connectivity index (χ0) is 24.7. The van der Waals surface area contributed by atoms with Gasteiger partial charge in [0.1, 0.15) is 5.82 Å². The van der Waals surface area contributed by atoms with E-state index >= 15 is 0 Å². The molecule has 4 aromatic carbocycles. The molecule has 0 heterocycles. The van der Waals surface area contributed by atoms with E-state index in [-0.39, 0.29) is 33.3 Å². The normalized spacial score (nSPS) is 12.2. The molecule has 0 bridgehead atoms. The number of anilines is 1. The van der Waals surface area contributed by atoms with Crippen molar-refractivity contribution in [3.05, 3.63) is 123 Å². The first-order valence-electron chi connectivity index (χ1n) is 10.7. The molecule has 1 aliphatic rings. The second kappa shape index (κ2) is 9.13. The number of hydrogen-bond acceptors (Lipinski definition) is 4. The quantitative estimate of drug-likeness (QED) is 0.289. The Morgan fingerprint density at radius 3 is 2.23 bits per heavy atom. The average molecular weight is 502 g/mol. The first kappa shape index (κ1) is 23.0. The smallest absolute Gasteiger partial charge is 0.256 e. The van der Waals surface area contributed by atoms with Crippen LogP contribution < -0.4 is 5.32 Å². The van der Waals surface area contributed by atoms with Gasteiger partial charge in [-0.15, -0.1) is 0 Å². The highest BCUT2D eigenvalue weighted by Gasteiger charge is 2.34. The van der Waals surface area contributed by atoms with Crippen LogP contribution in [0.4, 0.5) is 10.1 Å². The molecule has 0 spiro atoms. The topological polar surface area (TPSA) is 63.2 Å². The van der Waals surface area contributed by atoms with Crippen molar-refractivity contribution in [3.63, 3.8) is 0 Å². The molecule has 1 aliphatic carbocycles. The van der Waals surface area contributed by atoms with E-state index in [9.17, 15) is 18.8 Å². The predicted molar refractivity (Wildman–Crippen MR) is 134 cm³/mol. The fraction of sp³-hybridized carbons (Fsp3) is 0.0357. The Morgan fingerprint density at radius 1 is 0.857 bits per heavy atom. The van der Waals surface area contributed by atoms with Gasteiger partial charge in [-0.1, -0.05) is 65.3 Å². The van der Waals surface area contributed by atoms with Gasteiger partial charge in [0.2, 0.25) is 0 Å². The molecule has 4 aromatic rings. The van der Waals surface area contributed by atoms with Crippen molar-refractivity contribution in [1.82, 2.24) is 0 Å². The largest absolute Gasteiger partial charge is 0.322 e. The lowest BCUT2D eigenvalue weighted by Gasteiger charge is -2.22. The predicted octanol–water partition coefficient (Wildman–Crippen LogP) is 6.97. The van der Waals surface area contributed by atoms with Gasteiger partial charge in [0.15, 0.2) is 11.6 Å². The SMILES string of the molecule is Cc1ccc(Sc2c(C(=O)Nc3ccc(F)c(Cl)c3)ccc3c2C(=O)c2ccccc2C3=O)cc1. The van der Waals surface area contributed by atoms with Crippen LogP contribution in [0.5, 0.6) is 0 Å². The third kappa shape index (κ3) is 4.27. The summed E-state index contributed by atoms with van der Waals surface area (Å²) in [5.41, 5.74) is 2.69. The number of halogens is 2. The Labute approximate surface area is 210 Å². The van der Waals surface area contributed by atoms with Gasteiger partial charge in [0, 0.05) is 37.7 Å². The van der Waals surface area contributed by atoms with Crippen LogP contribution in [0, 0.1) is 12.7 Å². The molecular weight excluding hydrogens is 485 g/mol. The molecule has 0 saturated heterocycles. The number of aryl methyl sites for hydroxylation is 1. The zero-order valence-corrected chi connectivity index (χ0v) is 20.0. The van der Waals surface area contributed by atoms with E-state index in [2.05, 4.69) is 5.32 Å². The van der Waals surface area contributed by atoms with Gasteiger partial charge in [0.05, 0.1) is 10.6 Å². The highest BCUT2D eigenvalue weighted by molar-refractivity contribution is 7.99. The van der Waals surface area contributed by atoms with Crippen LogP contribution >= 0.6 is 23.4 Å². The molecule has 0 atom stereocenters. The lowest BCUT2D eigenvalue weighted by Crippen LogP contribution is -2.24. The molecule has 172 valence electrons. The molecule has 0 aromatic heterocycles. The Kier molecular flexibility index (Phi) is 6.01. The fourth-order valence-corrected chi connectivity index (χ4v) is 5.20. The molecule has 0 radical (unpaired) electrons. The molecule has 5 rings (SSSR count). The van der Waals surface area contributed by atoms with Crippen LogP contribution in [0.15, 0.2) is 88.7 Å². The molecular formula is C28H17ClFNO3S. The van der Waals surface area contributed by atoms with Gasteiger partial charge >= 0.3 is 0 Å². The summed E-state index contributed by atoms with van der Waals surface area (Å²) in [6.45, 7) is 1.96. The van der Waals surface area contributed by atoms with Gasteiger partial charge in [-0.2, -0.15) is 0 Å². The summed E-state index contributed by atoms with van der Waals surface area (Å²) in [6, 6.07) is 21.2. The van der Waals surface area contributed by atoms with Crippen LogP contribution in [-0.4, -0.2) is 17.5 Å². The molecule has 1 amide bonds. The summed E-state index contributed by atoms with van der Waals surface area (Å²) in [6.07, 6.45) is 0. The number of amides is 1. The van der Waals surface area contributed by atoms with Crippen LogP contribution in [0.3, 0.4) is 0 Å². The second-order valence-electron chi connectivity index (χ2n) is 8.07. The van der Waals surface area contributed by atoms with E-state index in [0.717, 1.165) is 16.5 Å². The van der Waals surface area contributed by atoms with Crippen molar-refractivity contribution in [2.75, 3.05) is 5.32 Å². The van der Waals surface area contributed by atoms with Crippen molar-refractivity contribution in [1.29, 1.82) is 0 Å². The Morgan fingerprint density at radius 2 is 1.54 bits per heavy atom. The van der Waals surface area contributed by atoms with Gasteiger partial charge in [-0.3, -0.25) is 14.4 Å². The van der Waals surface area contributed by atoms with Crippen LogP contribution in [0.25, 0.3) is 0 Å². The minimum Gasteiger partial charge on any atom is -0.322 e. The molecule has 0 aliphatic heterocycles. The Hall–Kier alpha value is -3.74. The Balaban J connectivity index is 1.64. The summed E-state index contributed by atoms with van der Waals surface area (Å²) in [5.74, 6) is -1.69. The van der Waals surface area contributed by atoms with Crippen molar-refractivity contribution < 1.29 is 18.8 Å². The third-order valence-electron chi connectivity index (χ3n) is 5.71. The number of carbonyl (C=O) groups excluding carboxylic acids is 3. The second-order valence-corrected chi connectivity index (χ2v) is 9.56. The molecule has 1 N–H and O–H groups in total. The Bertz CT molecular complexity index is 1530. The average Bonchev–Trinajstić information content (AvgIpc) is 2.86. The number of nitrogens with one attached hydrogen (secondary N) is 1. The number of rotatable bonds is 4. The van der Waals surface area contributed by atoms with E-state index in [4.69, 9.17) is 11.6 Å². The van der Waals surface area contributed by atoms with E-state index in [1.54, 1.807) is 24.3 Å². The zero-order valence-electron chi connectivity index (χ0n) is 18.4. The van der Waals surface area contributed by atoms with Crippen LogP contribution in [0.1, 0.15) is 47.8 Å². The molecule has 35 heavy (non-hydrogen) atoms. The monoisotopic (exact) mass is 501 g/mol. The maximum Gasteiger partial charge on any atom is 0.256 e. The summed E-state index contributed by atoms with van der Waals surface area (Å²) in [7, 11) is 0. The van der Waals surface area contributed by atoms with E-state index in [0.29, 0.717) is 21.7 Å². The first-order chi connectivity index (χ1) is 16.8. The lowest BCUT2D eigenvalue weighted by molar-refractivity contribution is 0.0975. The maximum absolute atomic E-state index is 13.6. The van der Waals surface area contributed by atoms with Gasteiger partial charge in [0.25, 0.3) is 5.91 Å². The standard InChI is InChI=1S/C28H17ClFNO3S/c1-15-6-9-17(10-7-15)35-27-21(28(34)31-16-8-13-23(30)22(29)14-16)12-11-20-24(27)26(33)19-5-3-2-4-18(19)25(20)32/h2-14H,1H3,(H,31,34). The van der Waals surface area contributed by atoms with Gasteiger partial charge in [-0.25, -0.2) is 4.39 Å².